The molecule has 3 nitrogen and oxygen atoms in total. The summed E-state index contributed by atoms with van der Waals surface area (Å²) in [6.07, 6.45) is 0. The molecule has 51 heavy (non-hydrogen) atoms. The maximum Gasteiger partial charge on any atom is 0.137 e. The highest BCUT2D eigenvalue weighted by atomic mass is 16.3. The maximum absolute atomic E-state index is 6.75. The first-order valence-electron chi connectivity index (χ1n) is 17.4. The van der Waals surface area contributed by atoms with Crippen molar-refractivity contribution >= 4 is 88.4 Å². The second kappa shape index (κ2) is 11.9. The molecule has 9 aromatic carbocycles. The Morgan fingerprint density at radius 3 is 1.43 bits per heavy atom. The van der Waals surface area contributed by atoms with Crippen LogP contribution in [0, 0.1) is 0 Å². The average molecular weight is 653 g/mol. The number of anilines is 6. The summed E-state index contributed by atoms with van der Waals surface area (Å²) < 4.78 is 6.75. The van der Waals surface area contributed by atoms with Gasteiger partial charge in [0.15, 0.2) is 0 Å². The predicted molar refractivity (Wildman–Crippen MR) is 216 cm³/mol. The van der Waals surface area contributed by atoms with Crippen molar-refractivity contribution in [2.24, 2.45) is 0 Å². The lowest BCUT2D eigenvalue weighted by Crippen LogP contribution is -2.17. The van der Waals surface area contributed by atoms with E-state index >= 15 is 0 Å². The van der Waals surface area contributed by atoms with Gasteiger partial charge in [0.25, 0.3) is 0 Å². The van der Waals surface area contributed by atoms with Crippen molar-refractivity contribution < 1.29 is 4.42 Å². The van der Waals surface area contributed by atoms with E-state index in [0.29, 0.717) is 0 Å². The number of fused-ring (bicyclic) bond motifs is 7. The van der Waals surface area contributed by atoms with E-state index in [1.165, 1.54) is 26.9 Å². The molecule has 0 atom stereocenters. The van der Waals surface area contributed by atoms with E-state index in [2.05, 4.69) is 204 Å². The molecule has 0 aliphatic heterocycles. The van der Waals surface area contributed by atoms with E-state index < -0.39 is 0 Å². The van der Waals surface area contributed by atoms with E-state index in [4.69, 9.17) is 4.42 Å². The molecule has 0 spiro atoms. The van der Waals surface area contributed by atoms with Gasteiger partial charge < -0.3 is 14.2 Å². The first-order chi connectivity index (χ1) is 25.3. The molecule has 0 N–H and O–H groups in total. The molecule has 0 fully saturated rings. The van der Waals surface area contributed by atoms with Gasteiger partial charge in [-0.2, -0.15) is 0 Å². The third-order valence-electron chi connectivity index (χ3n) is 9.95. The van der Waals surface area contributed by atoms with Gasteiger partial charge in [-0.3, -0.25) is 0 Å². The van der Waals surface area contributed by atoms with Crippen LogP contribution in [0.15, 0.2) is 199 Å². The Morgan fingerprint density at radius 1 is 0.314 bits per heavy atom. The maximum atomic E-state index is 6.75. The van der Waals surface area contributed by atoms with Crippen molar-refractivity contribution in [2.75, 3.05) is 9.80 Å². The van der Waals surface area contributed by atoms with Gasteiger partial charge in [0, 0.05) is 28.1 Å². The number of para-hydroxylation sites is 2. The van der Waals surface area contributed by atoms with E-state index in [0.717, 1.165) is 61.4 Å². The molecule has 3 heteroatoms. The summed E-state index contributed by atoms with van der Waals surface area (Å²) in [5.74, 6) is 0. The monoisotopic (exact) mass is 652 g/mol. The number of furan rings is 1. The van der Waals surface area contributed by atoms with Gasteiger partial charge in [-0.15, -0.1) is 0 Å². The molecule has 10 rings (SSSR count). The number of hydrogen-bond acceptors (Lipinski definition) is 3. The van der Waals surface area contributed by atoms with Crippen LogP contribution < -0.4 is 9.80 Å². The van der Waals surface area contributed by atoms with E-state index in [1.54, 1.807) is 0 Å². The molecule has 240 valence electrons. The Morgan fingerprint density at radius 2 is 0.784 bits per heavy atom. The van der Waals surface area contributed by atoms with Crippen LogP contribution >= 0.6 is 0 Å². The second-order valence-electron chi connectivity index (χ2n) is 13.0. The lowest BCUT2D eigenvalue weighted by atomic mass is 9.99. The Hall–Kier alpha value is -6.84. The molecular weight excluding hydrogens is 621 g/mol. The highest BCUT2D eigenvalue weighted by molar-refractivity contribution is 6.25. The van der Waals surface area contributed by atoms with Gasteiger partial charge in [-0.05, 0) is 99.0 Å². The zero-order chi connectivity index (χ0) is 33.7. The first kappa shape index (κ1) is 29.1. The molecule has 0 saturated heterocycles. The van der Waals surface area contributed by atoms with Gasteiger partial charge in [0.05, 0.1) is 16.8 Å². The standard InChI is InChI=1S/C48H32N2O/c1-3-18-38(19-4-1)49(40-26-23-33-13-7-9-16-36(33)31-40)43-28-30-45-47(46-42-22-12-11-15-35(42)25-29-44(46)51-45)48(43)50(39-20-5-2-6-21-39)41-27-24-34-14-8-10-17-37(34)32-41/h1-32H. The summed E-state index contributed by atoms with van der Waals surface area (Å²) in [5.41, 5.74) is 8.05. The van der Waals surface area contributed by atoms with Crippen LogP contribution in [0.2, 0.25) is 0 Å². The molecular formula is C48H32N2O. The normalized spacial score (nSPS) is 11.5. The van der Waals surface area contributed by atoms with E-state index in [9.17, 15) is 0 Å². The highest BCUT2D eigenvalue weighted by Crippen LogP contribution is 2.52. The summed E-state index contributed by atoms with van der Waals surface area (Å²) in [7, 11) is 0. The molecule has 0 aliphatic carbocycles. The Balaban J connectivity index is 1.38. The molecule has 0 bridgehead atoms. The van der Waals surface area contributed by atoms with Crippen molar-refractivity contribution in [1.82, 2.24) is 0 Å². The number of benzene rings is 9. The Bertz CT molecular complexity index is 2880. The molecule has 10 aromatic rings. The van der Waals surface area contributed by atoms with Crippen molar-refractivity contribution in [2.45, 2.75) is 0 Å². The fourth-order valence-electron chi connectivity index (χ4n) is 7.63. The minimum atomic E-state index is 0.841. The SMILES string of the molecule is c1ccc(N(c2ccc3ccccc3c2)c2ccc3oc4ccc5ccccc5c4c3c2N(c2ccccc2)c2ccc3ccccc3c2)cc1. The third kappa shape index (κ3) is 4.90. The summed E-state index contributed by atoms with van der Waals surface area (Å²) in [6.45, 7) is 0. The van der Waals surface area contributed by atoms with E-state index in [-0.39, 0.29) is 0 Å². The molecule has 0 aliphatic rings. The van der Waals surface area contributed by atoms with Crippen LogP contribution in [0.5, 0.6) is 0 Å². The Kier molecular flexibility index (Phi) is 6.81. The van der Waals surface area contributed by atoms with Crippen LogP contribution in [-0.2, 0) is 0 Å². The Labute approximate surface area is 295 Å². The van der Waals surface area contributed by atoms with Crippen molar-refractivity contribution in [1.29, 1.82) is 0 Å². The van der Waals surface area contributed by atoms with E-state index in [1.807, 2.05) is 0 Å². The number of rotatable bonds is 6. The van der Waals surface area contributed by atoms with Gasteiger partial charge in [0.1, 0.15) is 11.2 Å². The minimum Gasteiger partial charge on any atom is -0.456 e. The quantitative estimate of drug-likeness (QED) is 0.178. The second-order valence-corrected chi connectivity index (χ2v) is 13.0. The summed E-state index contributed by atoms with van der Waals surface area (Å²) in [5, 5.41) is 9.29. The lowest BCUT2D eigenvalue weighted by Gasteiger charge is -2.34. The van der Waals surface area contributed by atoms with Crippen molar-refractivity contribution in [3.8, 4) is 0 Å². The van der Waals surface area contributed by atoms with Gasteiger partial charge in [0.2, 0.25) is 0 Å². The number of hydrogen-bond donors (Lipinski definition) is 0. The molecule has 1 heterocycles. The van der Waals surface area contributed by atoms with Crippen molar-refractivity contribution in [3.05, 3.63) is 194 Å². The summed E-state index contributed by atoms with van der Waals surface area (Å²) >= 11 is 0. The lowest BCUT2D eigenvalue weighted by molar-refractivity contribution is 0.669. The molecule has 0 radical (unpaired) electrons. The van der Waals surface area contributed by atoms with Crippen LogP contribution in [0.1, 0.15) is 0 Å². The van der Waals surface area contributed by atoms with Crippen molar-refractivity contribution in [3.63, 3.8) is 0 Å². The fraction of sp³-hybridized carbons (Fsp3) is 0. The smallest absolute Gasteiger partial charge is 0.137 e. The third-order valence-corrected chi connectivity index (χ3v) is 9.95. The zero-order valence-corrected chi connectivity index (χ0v) is 27.8. The molecule has 1 aromatic heterocycles. The highest BCUT2D eigenvalue weighted by Gasteiger charge is 2.28. The van der Waals surface area contributed by atoms with Crippen LogP contribution in [0.4, 0.5) is 34.1 Å². The topological polar surface area (TPSA) is 19.6 Å². The predicted octanol–water partition coefficient (Wildman–Crippen LogP) is 14.0. The van der Waals surface area contributed by atoms with Gasteiger partial charge in [-0.25, -0.2) is 0 Å². The first-order valence-corrected chi connectivity index (χ1v) is 17.4. The summed E-state index contributed by atoms with van der Waals surface area (Å²) in [4.78, 5) is 4.81. The molecule has 0 amide bonds. The van der Waals surface area contributed by atoms with Crippen LogP contribution in [0.3, 0.4) is 0 Å². The molecule has 0 saturated carbocycles. The minimum absolute atomic E-state index is 0.841. The summed E-state index contributed by atoms with van der Waals surface area (Å²) in [6, 6.07) is 69.3. The fourth-order valence-corrected chi connectivity index (χ4v) is 7.63. The average Bonchev–Trinajstić information content (AvgIpc) is 3.59. The largest absolute Gasteiger partial charge is 0.456 e. The van der Waals surface area contributed by atoms with Crippen LogP contribution in [0.25, 0.3) is 54.3 Å². The van der Waals surface area contributed by atoms with Gasteiger partial charge >= 0.3 is 0 Å². The van der Waals surface area contributed by atoms with Gasteiger partial charge in [-0.1, -0.05) is 127 Å². The number of nitrogens with zero attached hydrogens (tertiary/aromatic N) is 2. The molecule has 0 unspecified atom stereocenters. The zero-order valence-electron chi connectivity index (χ0n) is 27.8. The van der Waals surface area contributed by atoms with Crippen LogP contribution in [-0.4, -0.2) is 0 Å².